The minimum atomic E-state index is -0.682. The summed E-state index contributed by atoms with van der Waals surface area (Å²) in [6.45, 7) is 7.52. The zero-order valence-electron chi connectivity index (χ0n) is 24.6. The fourth-order valence-corrected chi connectivity index (χ4v) is 5.88. The van der Waals surface area contributed by atoms with Gasteiger partial charge in [-0.2, -0.15) is 0 Å². The Labute approximate surface area is 261 Å². The molecular formula is C38H31NO6. The van der Waals surface area contributed by atoms with Gasteiger partial charge in [0.25, 0.3) is 0 Å². The molecule has 0 aliphatic heterocycles. The number of rotatable bonds is 12. The number of hydrogen-bond acceptors (Lipinski definition) is 7. The monoisotopic (exact) mass is 597 g/mol. The van der Waals surface area contributed by atoms with Gasteiger partial charge in [0.15, 0.2) is 0 Å². The van der Waals surface area contributed by atoms with Crippen LogP contribution in [0.3, 0.4) is 0 Å². The number of aromatic nitrogens is 1. The lowest BCUT2D eigenvalue weighted by atomic mass is 9.68. The molecule has 0 spiro atoms. The number of ether oxygens (including phenoxy) is 4. The second-order valence-corrected chi connectivity index (χ2v) is 10.4. The summed E-state index contributed by atoms with van der Waals surface area (Å²) in [4.78, 5) is 27.9. The van der Waals surface area contributed by atoms with Crippen molar-refractivity contribution in [1.82, 2.24) is 4.98 Å². The van der Waals surface area contributed by atoms with Crippen LogP contribution >= 0.6 is 0 Å². The molecule has 0 amide bonds. The number of nitrogens with zero attached hydrogens (tertiary/aromatic N) is 1. The molecule has 7 heteroatoms. The van der Waals surface area contributed by atoms with E-state index in [1.807, 2.05) is 48.5 Å². The fraction of sp³-hybridized carbons (Fsp3) is 0.132. The molecule has 0 bridgehead atoms. The molecule has 0 fully saturated rings. The zero-order chi connectivity index (χ0) is 31.2. The van der Waals surface area contributed by atoms with E-state index in [0.717, 1.165) is 56.6 Å². The summed E-state index contributed by atoms with van der Waals surface area (Å²) in [5.74, 6) is 0.353. The molecule has 0 saturated heterocycles. The molecule has 4 aromatic carbocycles. The molecule has 0 saturated carbocycles. The van der Waals surface area contributed by atoms with Crippen LogP contribution in [0.4, 0.5) is 0 Å². The minimum absolute atomic E-state index is 0.126. The molecular weight excluding hydrogens is 566 g/mol. The predicted octanol–water partition coefficient (Wildman–Crippen LogP) is 6.81. The van der Waals surface area contributed by atoms with E-state index in [1.54, 1.807) is 0 Å². The highest BCUT2D eigenvalue weighted by atomic mass is 16.6. The first-order valence-electron chi connectivity index (χ1n) is 14.6. The third-order valence-electron chi connectivity index (χ3n) is 7.81. The Hall–Kier alpha value is -5.69. The molecule has 0 N–H and O–H groups in total. The molecule has 0 radical (unpaired) electrons. The van der Waals surface area contributed by atoms with Crippen LogP contribution in [0.15, 0.2) is 128 Å². The number of benzene rings is 4. The van der Waals surface area contributed by atoms with Gasteiger partial charge in [-0.1, -0.05) is 79.9 Å². The number of hydrogen-bond donors (Lipinski definition) is 0. The van der Waals surface area contributed by atoms with Crippen LogP contribution in [0.25, 0.3) is 22.2 Å². The molecule has 1 aromatic heterocycles. The van der Waals surface area contributed by atoms with Gasteiger partial charge in [-0.25, -0.2) is 14.6 Å². The smallest absolute Gasteiger partial charge is 0.330 e. The van der Waals surface area contributed by atoms with Crippen LogP contribution in [0.5, 0.6) is 11.5 Å². The van der Waals surface area contributed by atoms with Crippen molar-refractivity contribution < 1.29 is 28.5 Å². The molecule has 1 aliphatic rings. The summed E-state index contributed by atoms with van der Waals surface area (Å²) in [5, 5.41) is 1.05. The van der Waals surface area contributed by atoms with Crippen LogP contribution in [-0.4, -0.2) is 43.4 Å². The summed E-state index contributed by atoms with van der Waals surface area (Å²) in [7, 11) is 0. The summed E-state index contributed by atoms with van der Waals surface area (Å²) < 4.78 is 21.8. The first-order valence-corrected chi connectivity index (χ1v) is 14.6. The largest absolute Gasteiger partial charge is 0.490 e. The molecule has 45 heavy (non-hydrogen) atoms. The second kappa shape index (κ2) is 12.9. The Morgan fingerprint density at radius 3 is 1.76 bits per heavy atom. The maximum absolute atomic E-state index is 11.4. The van der Waals surface area contributed by atoms with Gasteiger partial charge < -0.3 is 18.9 Å². The summed E-state index contributed by atoms with van der Waals surface area (Å²) >= 11 is 0. The van der Waals surface area contributed by atoms with Crippen molar-refractivity contribution in [3.63, 3.8) is 0 Å². The number of carbonyl (C=O) groups excluding carboxylic acids is 2. The van der Waals surface area contributed by atoms with Crippen LogP contribution in [0.1, 0.15) is 22.3 Å². The van der Waals surface area contributed by atoms with Gasteiger partial charge in [0.1, 0.15) is 37.9 Å². The van der Waals surface area contributed by atoms with Gasteiger partial charge in [-0.05, 0) is 58.7 Å². The van der Waals surface area contributed by atoms with Crippen LogP contribution < -0.4 is 9.47 Å². The molecule has 0 unspecified atom stereocenters. The molecule has 5 aromatic rings. The Bertz CT molecular complexity index is 1810. The zero-order valence-corrected chi connectivity index (χ0v) is 24.6. The van der Waals surface area contributed by atoms with Crippen molar-refractivity contribution in [3.8, 4) is 22.8 Å². The highest BCUT2D eigenvalue weighted by Gasteiger charge is 2.47. The molecule has 7 nitrogen and oxygen atoms in total. The Morgan fingerprint density at radius 2 is 1.18 bits per heavy atom. The molecule has 6 rings (SSSR count). The van der Waals surface area contributed by atoms with Crippen molar-refractivity contribution in [2.24, 2.45) is 0 Å². The Kier molecular flexibility index (Phi) is 8.42. The normalized spacial score (nSPS) is 12.4. The second-order valence-electron chi connectivity index (χ2n) is 10.4. The van der Waals surface area contributed by atoms with Crippen molar-refractivity contribution in [2.75, 3.05) is 26.4 Å². The average molecular weight is 598 g/mol. The van der Waals surface area contributed by atoms with Crippen molar-refractivity contribution in [3.05, 3.63) is 151 Å². The van der Waals surface area contributed by atoms with Crippen molar-refractivity contribution in [1.29, 1.82) is 0 Å². The summed E-state index contributed by atoms with van der Waals surface area (Å²) in [6.07, 6.45) is 2.26. The SMILES string of the molecule is C=CC(=O)OCCOc1ccc(C2(c3ccc(OCCOC(=O)C=C)cc3)c3ccccc3-c3nc4ccccc4cc32)cc1. The third-order valence-corrected chi connectivity index (χ3v) is 7.81. The molecule has 1 heterocycles. The number of carbonyl (C=O) groups is 2. The van der Waals surface area contributed by atoms with E-state index >= 15 is 0 Å². The topological polar surface area (TPSA) is 84.0 Å². The average Bonchev–Trinajstić information content (AvgIpc) is 3.37. The maximum atomic E-state index is 11.4. The van der Waals surface area contributed by atoms with Gasteiger partial charge in [-0.15, -0.1) is 0 Å². The number of esters is 2. The molecule has 0 atom stereocenters. The van der Waals surface area contributed by atoms with E-state index in [2.05, 4.69) is 67.8 Å². The van der Waals surface area contributed by atoms with Gasteiger partial charge >= 0.3 is 11.9 Å². The lowest BCUT2D eigenvalue weighted by molar-refractivity contribution is -0.139. The molecule has 1 aliphatic carbocycles. The first kappa shape index (κ1) is 29.4. The lowest BCUT2D eigenvalue weighted by Gasteiger charge is -2.34. The number of pyridine rings is 1. The highest BCUT2D eigenvalue weighted by molar-refractivity contribution is 5.91. The number of fused-ring (bicyclic) bond motifs is 4. The fourth-order valence-electron chi connectivity index (χ4n) is 5.88. The van der Waals surface area contributed by atoms with E-state index in [-0.39, 0.29) is 26.4 Å². The van der Waals surface area contributed by atoms with Gasteiger partial charge in [0, 0.05) is 23.1 Å². The summed E-state index contributed by atoms with van der Waals surface area (Å²) in [5.41, 5.74) is 6.56. The van der Waals surface area contributed by atoms with Crippen LogP contribution in [0.2, 0.25) is 0 Å². The Morgan fingerprint density at radius 1 is 0.644 bits per heavy atom. The van der Waals surface area contributed by atoms with E-state index in [0.29, 0.717) is 11.5 Å². The Balaban J connectivity index is 1.41. The lowest BCUT2D eigenvalue weighted by Crippen LogP contribution is -2.28. The first-order chi connectivity index (χ1) is 22.0. The third kappa shape index (κ3) is 5.68. The van der Waals surface area contributed by atoms with Gasteiger partial charge in [0.2, 0.25) is 0 Å². The predicted molar refractivity (Wildman–Crippen MR) is 172 cm³/mol. The van der Waals surface area contributed by atoms with E-state index in [1.165, 1.54) is 0 Å². The standard InChI is InChI=1S/C38H31NO6/c1-3-35(40)44-23-21-42-29-17-13-27(14-18-29)38(28-15-19-30(20-16-28)43-22-24-45-36(41)4-2)32-11-7-6-10-31(32)37-33(38)25-26-9-5-8-12-34(26)39-37/h3-20,25H,1-2,21-24H2. The van der Waals surface area contributed by atoms with Crippen LogP contribution in [0, 0.1) is 0 Å². The summed E-state index contributed by atoms with van der Waals surface area (Å²) in [6, 6.07) is 34.8. The van der Waals surface area contributed by atoms with Crippen molar-refractivity contribution in [2.45, 2.75) is 5.41 Å². The van der Waals surface area contributed by atoms with E-state index in [9.17, 15) is 9.59 Å². The van der Waals surface area contributed by atoms with Gasteiger partial charge in [-0.3, -0.25) is 0 Å². The number of para-hydroxylation sites is 1. The van der Waals surface area contributed by atoms with Gasteiger partial charge in [0.05, 0.1) is 16.6 Å². The van der Waals surface area contributed by atoms with Crippen LogP contribution in [-0.2, 0) is 24.5 Å². The quantitative estimate of drug-likeness (QED) is 0.0870. The molecule has 224 valence electrons. The van der Waals surface area contributed by atoms with E-state index in [4.69, 9.17) is 23.9 Å². The van der Waals surface area contributed by atoms with E-state index < -0.39 is 17.4 Å². The minimum Gasteiger partial charge on any atom is -0.490 e. The van der Waals surface area contributed by atoms with Crippen molar-refractivity contribution >= 4 is 22.8 Å². The highest BCUT2D eigenvalue weighted by Crippen LogP contribution is 2.56. The maximum Gasteiger partial charge on any atom is 0.330 e.